The average Bonchev–Trinajstić information content (AvgIpc) is 2.94. The second-order valence-electron chi connectivity index (χ2n) is 4.19. The van der Waals surface area contributed by atoms with Gasteiger partial charge in [-0.1, -0.05) is 12.1 Å². The van der Waals surface area contributed by atoms with E-state index in [4.69, 9.17) is 4.74 Å². The molecule has 94 valence electrons. The Hall–Kier alpha value is -2.70. The number of hydrogen-bond donors (Lipinski definition) is 0. The normalized spacial score (nSPS) is 14.2. The number of hydrogen-bond acceptors (Lipinski definition) is 6. The van der Waals surface area contributed by atoms with Crippen LogP contribution in [0.15, 0.2) is 36.4 Å². The molecular weight excluding hydrogens is 244 g/mol. The fourth-order valence-corrected chi connectivity index (χ4v) is 2.19. The number of tetrazole rings is 1. The average molecular weight is 254 g/mol. The van der Waals surface area contributed by atoms with E-state index in [0.717, 1.165) is 23.8 Å². The number of ether oxygens (including phenoxy) is 1. The zero-order valence-electron chi connectivity index (χ0n) is 9.97. The maximum absolute atomic E-state index is 5.63. The molecule has 0 N–H and O–H groups in total. The molecular formula is C12H10N6O. The number of rotatable bonds is 1. The van der Waals surface area contributed by atoms with Crippen LogP contribution in [-0.2, 0) is 0 Å². The Bertz CT molecular complexity index is 740. The number of fused-ring (bicyclic) bond motifs is 2. The van der Waals surface area contributed by atoms with Gasteiger partial charge in [0, 0.05) is 0 Å². The maximum atomic E-state index is 5.63. The molecule has 3 aromatic rings. The molecule has 4 rings (SSSR count). The summed E-state index contributed by atoms with van der Waals surface area (Å²) in [5, 5.41) is 15.7. The van der Waals surface area contributed by atoms with E-state index < -0.39 is 0 Å². The van der Waals surface area contributed by atoms with Gasteiger partial charge in [0.25, 0.3) is 0 Å². The Morgan fingerprint density at radius 2 is 2.05 bits per heavy atom. The fraction of sp³-hybridized carbons (Fsp3) is 0.167. The Morgan fingerprint density at radius 3 is 3.05 bits per heavy atom. The number of nitrogens with zero attached hydrogens (tertiary/aromatic N) is 6. The molecule has 2 aromatic heterocycles. The highest BCUT2D eigenvalue weighted by Crippen LogP contribution is 2.35. The summed E-state index contributed by atoms with van der Waals surface area (Å²) in [6.45, 7) is 1.38. The van der Waals surface area contributed by atoms with Crippen molar-refractivity contribution < 1.29 is 4.74 Å². The van der Waals surface area contributed by atoms with Gasteiger partial charge in [-0.25, -0.2) is 0 Å². The van der Waals surface area contributed by atoms with Crippen LogP contribution >= 0.6 is 0 Å². The molecule has 0 amide bonds. The van der Waals surface area contributed by atoms with E-state index in [1.54, 1.807) is 0 Å². The van der Waals surface area contributed by atoms with E-state index in [2.05, 4.69) is 25.5 Å². The van der Waals surface area contributed by atoms with E-state index >= 15 is 0 Å². The lowest BCUT2D eigenvalue weighted by Gasteiger charge is -2.29. The van der Waals surface area contributed by atoms with Gasteiger partial charge in [-0.15, -0.1) is 14.8 Å². The minimum Gasteiger partial charge on any atom is -0.490 e. The SMILES string of the molecule is c1ccc2c(c1)OCCN2c1ccc2nnnn2n1. The second-order valence-corrected chi connectivity index (χ2v) is 4.19. The molecule has 3 heterocycles. The first kappa shape index (κ1) is 10.2. The highest BCUT2D eigenvalue weighted by Gasteiger charge is 2.20. The largest absolute Gasteiger partial charge is 0.490 e. The van der Waals surface area contributed by atoms with E-state index in [9.17, 15) is 0 Å². The molecule has 7 heteroatoms. The number of para-hydroxylation sites is 2. The van der Waals surface area contributed by atoms with Gasteiger partial charge < -0.3 is 9.64 Å². The van der Waals surface area contributed by atoms with Gasteiger partial charge >= 0.3 is 0 Å². The quantitative estimate of drug-likeness (QED) is 0.646. The van der Waals surface area contributed by atoms with Crippen molar-refractivity contribution >= 4 is 17.2 Å². The number of aromatic nitrogens is 5. The van der Waals surface area contributed by atoms with Crippen LogP contribution in [-0.4, -0.2) is 38.4 Å². The minimum absolute atomic E-state index is 0.630. The summed E-state index contributed by atoms with van der Waals surface area (Å²) in [7, 11) is 0. The van der Waals surface area contributed by atoms with Crippen molar-refractivity contribution in [2.24, 2.45) is 0 Å². The molecule has 7 nitrogen and oxygen atoms in total. The van der Waals surface area contributed by atoms with Gasteiger partial charge in [-0.3, -0.25) is 0 Å². The third-order valence-corrected chi connectivity index (χ3v) is 3.06. The van der Waals surface area contributed by atoms with Crippen molar-refractivity contribution in [2.75, 3.05) is 18.1 Å². The lowest BCUT2D eigenvalue weighted by atomic mass is 10.2. The van der Waals surface area contributed by atoms with Crippen LogP contribution in [0.1, 0.15) is 0 Å². The van der Waals surface area contributed by atoms with Crippen molar-refractivity contribution in [1.82, 2.24) is 25.3 Å². The fourth-order valence-electron chi connectivity index (χ4n) is 2.19. The number of anilines is 2. The van der Waals surface area contributed by atoms with Gasteiger partial charge in [0.2, 0.25) is 0 Å². The van der Waals surface area contributed by atoms with Crippen LogP contribution in [0.25, 0.3) is 5.65 Å². The molecule has 0 aliphatic carbocycles. The summed E-state index contributed by atoms with van der Waals surface area (Å²) in [6.07, 6.45) is 0. The molecule has 1 aromatic carbocycles. The van der Waals surface area contributed by atoms with Crippen LogP contribution < -0.4 is 9.64 Å². The van der Waals surface area contributed by atoms with Gasteiger partial charge in [0.05, 0.1) is 12.2 Å². The second kappa shape index (κ2) is 3.91. The molecule has 0 fully saturated rings. The molecule has 19 heavy (non-hydrogen) atoms. The molecule has 0 saturated carbocycles. The Kier molecular flexibility index (Phi) is 2.11. The highest BCUT2D eigenvalue weighted by molar-refractivity contribution is 5.68. The third kappa shape index (κ3) is 1.59. The lowest BCUT2D eigenvalue weighted by molar-refractivity contribution is 0.313. The van der Waals surface area contributed by atoms with Crippen molar-refractivity contribution in [3.05, 3.63) is 36.4 Å². The summed E-state index contributed by atoms with van der Waals surface area (Å²) < 4.78 is 7.06. The van der Waals surface area contributed by atoms with Crippen LogP contribution in [0.2, 0.25) is 0 Å². The molecule has 1 aliphatic heterocycles. The van der Waals surface area contributed by atoms with E-state index in [1.807, 2.05) is 36.4 Å². The summed E-state index contributed by atoms with van der Waals surface area (Å²) >= 11 is 0. The molecule has 0 bridgehead atoms. The summed E-state index contributed by atoms with van der Waals surface area (Å²) in [6, 6.07) is 11.7. The molecule has 1 aliphatic rings. The van der Waals surface area contributed by atoms with Gasteiger partial charge in [0.1, 0.15) is 12.4 Å². The Morgan fingerprint density at radius 1 is 1.11 bits per heavy atom. The summed E-state index contributed by atoms with van der Waals surface area (Å²) in [5.74, 6) is 1.67. The lowest BCUT2D eigenvalue weighted by Crippen LogP contribution is -2.29. The van der Waals surface area contributed by atoms with E-state index in [0.29, 0.717) is 12.3 Å². The van der Waals surface area contributed by atoms with Crippen LogP contribution in [0.3, 0.4) is 0 Å². The van der Waals surface area contributed by atoms with Crippen molar-refractivity contribution in [3.8, 4) is 5.75 Å². The van der Waals surface area contributed by atoms with Gasteiger partial charge in [0.15, 0.2) is 11.5 Å². The first-order valence-corrected chi connectivity index (χ1v) is 5.97. The topological polar surface area (TPSA) is 68.4 Å². The summed E-state index contributed by atoms with van der Waals surface area (Å²) in [4.78, 5) is 2.10. The van der Waals surface area contributed by atoms with Crippen molar-refractivity contribution in [2.45, 2.75) is 0 Å². The molecule has 0 spiro atoms. The molecule has 0 saturated heterocycles. The van der Waals surface area contributed by atoms with Gasteiger partial charge in [-0.2, -0.15) is 0 Å². The monoisotopic (exact) mass is 254 g/mol. The summed E-state index contributed by atoms with van der Waals surface area (Å²) in [5.41, 5.74) is 1.64. The predicted octanol–water partition coefficient (Wildman–Crippen LogP) is 1.05. The van der Waals surface area contributed by atoms with E-state index in [1.165, 1.54) is 4.63 Å². The van der Waals surface area contributed by atoms with Crippen LogP contribution in [0, 0.1) is 0 Å². The Labute approximate surface area is 108 Å². The molecule has 0 atom stereocenters. The minimum atomic E-state index is 0.630. The predicted molar refractivity (Wildman–Crippen MR) is 67.5 cm³/mol. The standard InChI is InChI=1S/C12H10N6O/c1-2-4-10-9(3-1)17(7-8-19-10)12-6-5-11-13-15-16-18(11)14-12/h1-6H,7-8H2. The van der Waals surface area contributed by atoms with Crippen molar-refractivity contribution in [3.63, 3.8) is 0 Å². The zero-order valence-corrected chi connectivity index (χ0v) is 9.97. The van der Waals surface area contributed by atoms with Crippen LogP contribution in [0.4, 0.5) is 11.5 Å². The van der Waals surface area contributed by atoms with E-state index in [-0.39, 0.29) is 0 Å². The zero-order chi connectivity index (χ0) is 12.7. The smallest absolute Gasteiger partial charge is 0.200 e. The first-order valence-electron chi connectivity index (χ1n) is 5.97. The third-order valence-electron chi connectivity index (χ3n) is 3.06. The van der Waals surface area contributed by atoms with Crippen LogP contribution in [0.5, 0.6) is 5.75 Å². The molecule has 0 radical (unpaired) electrons. The Balaban J connectivity index is 1.84. The maximum Gasteiger partial charge on any atom is 0.200 e. The van der Waals surface area contributed by atoms with Crippen molar-refractivity contribution in [1.29, 1.82) is 0 Å². The highest BCUT2D eigenvalue weighted by atomic mass is 16.5. The van der Waals surface area contributed by atoms with Gasteiger partial charge in [-0.05, 0) is 34.7 Å². The molecule has 0 unspecified atom stereocenters. The number of benzene rings is 1. The first-order chi connectivity index (χ1) is 9.42.